The first-order chi connectivity index (χ1) is 8.42. The van der Waals surface area contributed by atoms with Crippen LogP contribution in [-0.4, -0.2) is 27.8 Å². The lowest BCUT2D eigenvalue weighted by atomic mass is 9.68. The minimum atomic E-state index is -0.535. The minimum absolute atomic E-state index is 0.448. The number of rotatable bonds is 2. The van der Waals surface area contributed by atoms with E-state index in [-0.39, 0.29) is 0 Å². The molecular formula is C15H27NOS. The van der Waals surface area contributed by atoms with E-state index < -0.39 is 10.8 Å². The van der Waals surface area contributed by atoms with Crippen molar-refractivity contribution in [2.75, 3.05) is 11.5 Å². The van der Waals surface area contributed by atoms with Gasteiger partial charge in [-0.05, 0) is 48.9 Å². The Morgan fingerprint density at radius 2 is 1.78 bits per heavy atom. The van der Waals surface area contributed by atoms with Crippen molar-refractivity contribution in [2.45, 2.75) is 65.0 Å². The third kappa shape index (κ3) is 1.98. The molecule has 104 valence electrons. The quantitative estimate of drug-likeness (QED) is 0.835. The van der Waals surface area contributed by atoms with Crippen molar-refractivity contribution >= 4 is 10.8 Å². The number of hydrogen-bond acceptors (Lipinski definition) is 2. The molecule has 3 rings (SSSR count). The molecule has 0 spiro atoms. The molecule has 3 fully saturated rings. The van der Waals surface area contributed by atoms with Gasteiger partial charge in [-0.25, -0.2) is 0 Å². The number of nitrogens with one attached hydrogen (secondary N) is 1. The molecule has 1 saturated heterocycles. The fourth-order valence-electron chi connectivity index (χ4n) is 4.91. The average Bonchev–Trinajstić information content (AvgIpc) is 2.78. The molecule has 0 aromatic heterocycles. The van der Waals surface area contributed by atoms with Gasteiger partial charge in [-0.15, -0.1) is 0 Å². The van der Waals surface area contributed by atoms with E-state index in [9.17, 15) is 4.21 Å². The van der Waals surface area contributed by atoms with Crippen molar-refractivity contribution in [3.63, 3.8) is 0 Å². The van der Waals surface area contributed by atoms with Gasteiger partial charge in [0.2, 0.25) is 0 Å². The monoisotopic (exact) mass is 269 g/mol. The van der Waals surface area contributed by atoms with Crippen LogP contribution in [0.15, 0.2) is 0 Å². The third-order valence-corrected chi connectivity index (χ3v) is 7.44. The molecule has 3 heteroatoms. The number of fused-ring (bicyclic) bond motifs is 2. The van der Waals surface area contributed by atoms with Crippen molar-refractivity contribution < 1.29 is 4.21 Å². The second-order valence-electron chi connectivity index (χ2n) is 7.64. The highest BCUT2D eigenvalue weighted by molar-refractivity contribution is 7.85. The van der Waals surface area contributed by atoms with E-state index in [1.807, 2.05) is 0 Å². The van der Waals surface area contributed by atoms with Gasteiger partial charge in [0.05, 0.1) is 0 Å². The first-order valence-corrected chi connectivity index (χ1v) is 9.02. The average molecular weight is 269 g/mol. The summed E-state index contributed by atoms with van der Waals surface area (Å²) in [6.45, 7) is 7.40. The van der Waals surface area contributed by atoms with Crippen LogP contribution in [0.25, 0.3) is 0 Å². The SMILES string of the molecule is CC12CCC(C1)C(C)(C)C2NC1CCS(=O)CC1. The molecule has 0 radical (unpaired) electrons. The van der Waals surface area contributed by atoms with Gasteiger partial charge in [0, 0.05) is 34.4 Å². The zero-order chi connectivity index (χ0) is 13.0. The van der Waals surface area contributed by atoms with Crippen LogP contribution in [0.1, 0.15) is 52.9 Å². The Hall–Kier alpha value is 0.110. The summed E-state index contributed by atoms with van der Waals surface area (Å²) in [5.41, 5.74) is 0.967. The lowest BCUT2D eigenvalue weighted by Crippen LogP contribution is -2.54. The summed E-state index contributed by atoms with van der Waals surface area (Å²) in [6.07, 6.45) is 6.46. The molecule has 1 aliphatic heterocycles. The predicted octanol–water partition coefficient (Wildman–Crippen LogP) is 2.70. The highest BCUT2D eigenvalue weighted by Gasteiger charge is 2.59. The Kier molecular flexibility index (Phi) is 3.14. The zero-order valence-corrected chi connectivity index (χ0v) is 12.8. The molecule has 0 amide bonds. The predicted molar refractivity (Wildman–Crippen MR) is 77.1 cm³/mol. The number of hydrogen-bond donors (Lipinski definition) is 1. The molecule has 0 aromatic rings. The van der Waals surface area contributed by atoms with Gasteiger partial charge in [-0.1, -0.05) is 20.8 Å². The zero-order valence-electron chi connectivity index (χ0n) is 12.0. The van der Waals surface area contributed by atoms with E-state index in [0.29, 0.717) is 22.9 Å². The minimum Gasteiger partial charge on any atom is -0.310 e. The van der Waals surface area contributed by atoms with E-state index in [2.05, 4.69) is 26.1 Å². The molecule has 1 N–H and O–H groups in total. The maximum Gasteiger partial charge on any atom is 0.0249 e. The van der Waals surface area contributed by atoms with E-state index >= 15 is 0 Å². The molecule has 18 heavy (non-hydrogen) atoms. The fourth-order valence-corrected chi connectivity index (χ4v) is 6.21. The molecule has 3 unspecified atom stereocenters. The van der Waals surface area contributed by atoms with Gasteiger partial charge in [0.15, 0.2) is 0 Å². The Bertz CT molecular complexity index is 353. The maximum absolute atomic E-state index is 11.4. The van der Waals surface area contributed by atoms with Gasteiger partial charge < -0.3 is 5.32 Å². The summed E-state index contributed by atoms with van der Waals surface area (Å²) in [7, 11) is -0.535. The summed E-state index contributed by atoms with van der Waals surface area (Å²) in [4.78, 5) is 0. The van der Waals surface area contributed by atoms with Gasteiger partial charge in [0.25, 0.3) is 0 Å². The molecule has 0 aromatic carbocycles. The second kappa shape index (κ2) is 4.31. The van der Waals surface area contributed by atoms with Crippen LogP contribution >= 0.6 is 0 Å². The van der Waals surface area contributed by atoms with Gasteiger partial charge in [-0.2, -0.15) is 0 Å². The van der Waals surface area contributed by atoms with E-state index in [1.165, 1.54) is 19.3 Å². The first kappa shape index (κ1) is 13.1. The van der Waals surface area contributed by atoms with Crippen LogP contribution in [-0.2, 0) is 10.8 Å². The van der Waals surface area contributed by atoms with Crippen LogP contribution in [0, 0.1) is 16.7 Å². The molecule has 2 nitrogen and oxygen atoms in total. The Balaban J connectivity index is 1.70. The molecule has 3 aliphatic rings. The third-order valence-electron chi connectivity index (χ3n) is 6.06. The van der Waals surface area contributed by atoms with Gasteiger partial charge >= 0.3 is 0 Å². The first-order valence-electron chi connectivity index (χ1n) is 7.53. The molecule has 3 atom stereocenters. The van der Waals surface area contributed by atoms with Crippen molar-refractivity contribution in [3.05, 3.63) is 0 Å². The lowest BCUT2D eigenvalue weighted by Gasteiger charge is -2.45. The Morgan fingerprint density at radius 1 is 1.11 bits per heavy atom. The van der Waals surface area contributed by atoms with Crippen LogP contribution < -0.4 is 5.32 Å². The smallest absolute Gasteiger partial charge is 0.0249 e. The summed E-state index contributed by atoms with van der Waals surface area (Å²) in [6, 6.07) is 1.28. The molecule has 2 saturated carbocycles. The van der Waals surface area contributed by atoms with Crippen molar-refractivity contribution in [3.8, 4) is 0 Å². The lowest BCUT2D eigenvalue weighted by molar-refractivity contribution is 0.0968. The normalized spacial score (nSPS) is 50.6. The van der Waals surface area contributed by atoms with Gasteiger partial charge in [0.1, 0.15) is 0 Å². The Morgan fingerprint density at radius 3 is 2.33 bits per heavy atom. The van der Waals surface area contributed by atoms with Crippen LogP contribution in [0.5, 0.6) is 0 Å². The molecule has 2 aliphatic carbocycles. The van der Waals surface area contributed by atoms with Crippen LogP contribution in [0.2, 0.25) is 0 Å². The maximum atomic E-state index is 11.4. The fraction of sp³-hybridized carbons (Fsp3) is 1.00. The van der Waals surface area contributed by atoms with Crippen LogP contribution in [0.3, 0.4) is 0 Å². The highest BCUT2D eigenvalue weighted by Crippen LogP contribution is 2.62. The largest absolute Gasteiger partial charge is 0.310 e. The van der Waals surface area contributed by atoms with E-state index in [0.717, 1.165) is 30.3 Å². The van der Waals surface area contributed by atoms with Crippen molar-refractivity contribution in [1.29, 1.82) is 0 Å². The summed E-state index contributed by atoms with van der Waals surface area (Å²) in [5.74, 6) is 2.73. The summed E-state index contributed by atoms with van der Waals surface area (Å²) < 4.78 is 11.4. The van der Waals surface area contributed by atoms with Gasteiger partial charge in [-0.3, -0.25) is 4.21 Å². The molecule has 2 bridgehead atoms. The van der Waals surface area contributed by atoms with Crippen LogP contribution in [0.4, 0.5) is 0 Å². The highest BCUT2D eigenvalue weighted by atomic mass is 32.2. The standard InChI is InChI=1S/C15H27NOS/c1-14(2)11-4-7-15(3,10-11)13(14)16-12-5-8-18(17)9-6-12/h11-13,16H,4-10H2,1-3H3. The molecular weight excluding hydrogens is 242 g/mol. The van der Waals surface area contributed by atoms with E-state index in [1.54, 1.807) is 0 Å². The molecule has 1 heterocycles. The Labute approximate surface area is 114 Å². The summed E-state index contributed by atoms with van der Waals surface area (Å²) >= 11 is 0. The van der Waals surface area contributed by atoms with Crippen molar-refractivity contribution in [1.82, 2.24) is 5.32 Å². The van der Waals surface area contributed by atoms with Crippen molar-refractivity contribution in [2.24, 2.45) is 16.7 Å². The summed E-state index contributed by atoms with van der Waals surface area (Å²) in [5, 5.41) is 3.97. The topological polar surface area (TPSA) is 29.1 Å². The second-order valence-corrected chi connectivity index (χ2v) is 9.33. The van der Waals surface area contributed by atoms with E-state index in [4.69, 9.17) is 0 Å².